The van der Waals surface area contributed by atoms with Gasteiger partial charge in [0, 0.05) is 11.9 Å². The van der Waals surface area contributed by atoms with Crippen molar-refractivity contribution in [2.24, 2.45) is 0 Å². The first-order chi connectivity index (χ1) is 7.20. The van der Waals surface area contributed by atoms with Crippen molar-refractivity contribution >= 4 is 6.29 Å². The summed E-state index contributed by atoms with van der Waals surface area (Å²) in [5.41, 5.74) is 4.13. The zero-order chi connectivity index (χ0) is 10.8. The third kappa shape index (κ3) is 1.84. The van der Waals surface area contributed by atoms with E-state index >= 15 is 0 Å². The van der Waals surface area contributed by atoms with Gasteiger partial charge in [0.1, 0.15) is 0 Å². The van der Waals surface area contributed by atoms with Crippen molar-refractivity contribution in [3.8, 4) is 5.69 Å². The summed E-state index contributed by atoms with van der Waals surface area (Å²) < 4.78 is 1.90. The molecule has 0 saturated carbocycles. The Balaban J connectivity index is 2.58. The molecule has 0 unspecified atom stereocenters. The van der Waals surface area contributed by atoms with Gasteiger partial charge in [0.25, 0.3) is 0 Å². The lowest BCUT2D eigenvalue weighted by molar-refractivity contribution is 0.111. The number of aldehydes is 1. The van der Waals surface area contributed by atoms with Crippen molar-refractivity contribution in [3.05, 3.63) is 53.3 Å². The molecule has 0 aliphatic carbocycles. The van der Waals surface area contributed by atoms with E-state index in [0.717, 1.165) is 12.0 Å². The average molecular weight is 199 g/mol. The Morgan fingerprint density at radius 1 is 1.13 bits per heavy atom. The maximum Gasteiger partial charge on any atom is 0.166 e. The number of aromatic nitrogens is 1. The molecule has 0 fully saturated rings. The van der Waals surface area contributed by atoms with Crippen molar-refractivity contribution in [2.75, 3.05) is 0 Å². The molecule has 2 heteroatoms. The van der Waals surface area contributed by atoms with Crippen LogP contribution >= 0.6 is 0 Å². The van der Waals surface area contributed by atoms with E-state index in [9.17, 15) is 4.79 Å². The molecule has 0 amide bonds. The molecular weight excluding hydrogens is 186 g/mol. The fraction of sp³-hybridized carbons (Fsp3) is 0.154. The summed E-state index contributed by atoms with van der Waals surface area (Å²) in [6.45, 7) is 4.11. The van der Waals surface area contributed by atoms with Gasteiger partial charge in [-0.25, -0.2) is 0 Å². The van der Waals surface area contributed by atoms with Gasteiger partial charge in [-0.15, -0.1) is 0 Å². The molecule has 1 aromatic carbocycles. The first-order valence-corrected chi connectivity index (χ1v) is 4.92. The van der Waals surface area contributed by atoms with Crippen molar-refractivity contribution < 1.29 is 4.79 Å². The Hall–Kier alpha value is -1.83. The van der Waals surface area contributed by atoms with Gasteiger partial charge in [0.05, 0.1) is 5.69 Å². The summed E-state index contributed by atoms with van der Waals surface area (Å²) in [7, 11) is 0. The standard InChI is InChI=1S/C13H13NO/c1-10-6-11(2)8-13(7-10)14-5-3-4-12(14)9-15/h3-9H,1-2H3. The van der Waals surface area contributed by atoms with Crippen LogP contribution in [0.2, 0.25) is 0 Å². The van der Waals surface area contributed by atoms with Gasteiger partial charge < -0.3 is 4.57 Å². The summed E-state index contributed by atoms with van der Waals surface area (Å²) in [4.78, 5) is 10.8. The minimum atomic E-state index is 0.681. The molecule has 0 N–H and O–H groups in total. The van der Waals surface area contributed by atoms with Crippen molar-refractivity contribution in [1.82, 2.24) is 4.57 Å². The molecule has 0 atom stereocenters. The number of rotatable bonds is 2. The average Bonchev–Trinajstić information content (AvgIpc) is 2.63. The quantitative estimate of drug-likeness (QED) is 0.681. The highest BCUT2D eigenvalue weighted by atomic mass is 16.1. The molecule has 0 bridgehead atoms. The second kappa shape index (κ2) is 3.73. The van der Waals surface area contributed by atoms with Gasteiger partial charge in [-0.1, -0.05) is 6.07 Å². The molecule has 0 aliphatic heterocycles. The number of carbonyl (C=O) groups is 1. The largest absolute Gasteiger partial charge is 0.314 e. The van der Waals surface area contributed by atoms with Gasteiger partial charge >= 0.3 is 0 Å². The zero-order valence-corrected chi connectivity index (χ0v) is 8.90. The lowest BCUT2D eigenvalue weighted by Gasteiger charge is -2.07. The van der Waals surface area contributed by atoms with E-state index in [4.69, 9.17) is 0 Å². The van der Waals surface area contributed by atoms with E-state index in [-0.39, 0.29) is 0 Å². The lowest BCUT2D eigenvalue weighted by atomic mass is 10.1. The zero-order valence-electron chi connectivity index (χ0n) is 8.90. The number of hydrogen-bond donors (Lipinski definition) is 0. The van der Waals surface area contributed by atoms with Gasteiger partial charge in [0.15, 0.2) is 6.29 Å². The summed E-state index contributed by atoms with van der Waals surface area (Å²) in [6.07, 6.45) is 2.77. The highest BCUT2D eigenvalue weighted by molar-refractivity contribution is 5.73. The third-order valence-electron chi connectivity index (χ3n) is 2.39. The highest BCUT2D eigenvalue weighted by Gasteiger charge is 2.02. The summed E-state index contributed by atoms with van der Waals surface area (Å²) in [6, 6.07) is 9.94. The number of hydrogen-bond acceptors (Lipinski definition) is 1. The Morgan fingerprint density at radius 3 is 2.40 bits per heavy atom. The van der Waals surface area contributed by atoms with E-state index < -0.39 is 0 Å². The monoisotopic (exact) mass is 199 g/mol. The van der Waals surface area contributed by atoms with Gasteiger partial charge in [0.2, 0.25) is 0 Å². The van der Waals surface area contributed by atoms with Crippen molar-refractivity contribution in [1.29, 1.82) is 0 Å². The van der Waals surface area contributed by atoms with Gasteiger partial charge in [-0.2, -0.15) is 0 Å². The Bertz CT molecular complexity index is 477. The van der Waals surface area contributed by atoms with Crippen LogP contribution < -0.4 is 0 Å². The fourth-order valence-corrected chi connectivity index (χ4v) is 1.81. The molecule has 76 valence electrons. The van der Waals surface area contributed by atoms with E-state index in [0.29, 0.717) is 5.69 Å². The Labute approximate surface area is 89.2 Å². The first kappa shape index (κ1) is 9.71. The number of nitrogens with zero attached hydrogens (tertiary/aromatic N) is 1. The highest BCUT2D eigenvalue weighted by Crippen LogP contribution is 2.15. The second-order valence-corrected chi connectivity index (χ2v) is 3.77. The first-order valence-electron chi connectivity index (χ1n) is 4.92. The van der Waals surface area contributed by atoms with Crippen LogP contribution in [0.1, 0.15) is 21.6 Å². The predicted octanol–water partition coefficient (Wildman–Crippen LogP) is 2.91. The molecule has 0 aliphatic rings. The molecule has 2 rings (SSSR count). The van der Waals surface area contributed by atoms with Crippen molar-refractivity contribution in [2.45, 2.75) is 13.8 Å². The summed E-state index contributed by atoms with van der Waals surface area (Å²) in [5, 5.41) is 0. The smallest absolute Gasteiger partial charge is 0.166 e. The minimum Gasteiger partial charge on any atom is -0.314 e. The number of benzene rings is 1. The maximum atomic E-state index is 10.8. The van der Waals surface area contributed by atoms with E-state index in [1.165, 1.54) is 11.1 Å². The SMILES string of the molecule is Cc1cc(C)cc(-n2cccc2C=O)c1. The summed E-state index contributed by atoms with van der Waals surface area (Å²) >= 11 is 0. The van der Waals surface area contributed by atoms with Crippen LogP contribution in [0.15, 0.2) is 36.5 Å². The van der Waals surface area contributed by atoms with Gasteiger partial charge in [-0.3, -0.25) is 4.79 Å². The topological polar surface area (TPSA) is 22.0 Å². The second-order valence-electron chi connectivity index (χ2n) is 3.77. The number of carbonyl (C=O) groups excluding carboxylic acids is 1. The molecule has 1 heterocycles. The van der Waals surface area contributed by atoms with Crippen LogP contribution in [-0.2, 0) is 0 Å². The number of aryl methyl sites for hydroxylation is 2. The molecular formula is C13H13NO. The maximum absolute atomic E-state index is 10.8. The molecule has 2 nitrogen and oxygen atoms in total. The molecule has 0 saturated heterocycles. The predicted molar refractivity (Wildman–Crippen MR) is 60.6 cm³/mol. The fourth-order valence-electron chi connectivity index (χ4n) is 1.81. The van der Waals surface area contributed by atoms with E-state index in [2.05, 4.69) is 32.0 Å². The summed E-state index contributed by atoms with van der Waals surface area (Å²) in [5.74, 6) is 0. The molecule has 15 heavy (non-hydrogen) atoms. The van der Waals surface area contributed by atoms with E-state index in [1.807, 2.05) is 22.9 Å². The molecule has 0 radical (unpaired) electrons. The van der Waals surface area contributed by atoms with Crippen LogP contribution in [-0.4, -0.2) is 10.9 Å². The third-order valence-corrected chi connectivity index (χ3v) is 2.39. The van der Waals surface area contributed by atoms with Crippen LogP contribution in [0, 0.1) is 13.8 Å². The van der Waals surface area contributed by atoms with Crippen LogP contribution in [0.4, 0.5) is 0 Å². The van der Waals surface area contributed by atoms with Crippen LogP contribution in [0.3, 0.4) is 0 Å². The van der Waals surface area contributed by atoms with Gasteiger partial charge in [-0.05, 0) is 49.2 Å². The normalized spacial score (nSPS) is 10.3. The molecule has 2 aromatic rings. The minimum absolute atomic E-state index is 0.681. The molecule has 0 spiro atoms. The molecule has 1 aromatic heterocycles. The Kier molecular flexibility index (Phi) is 2.42. The van der Waals surface area contributed by atoms with Crippen LogP contribution in [0.25, 0.3) is 5.69 Å². The van der Waals surface area contributed by atoms with E-state index in [1.54, 1.807) is 0 Å². The van der Waals surface area contributed by atoms with Crippen molar-refractivity contribution in [3.63, 3.8) is 0 Å². The lowest BCUT2D eigenvalue weighted by Crippen LogP contribution is -1.98. The van der Waals surface area contributed by atoms with Crippen LogP contribution in [0.5, 0.6) is 0 Å². The Morgan fingerprint density at radius 2 is 1.80 bits per heavy atom.